The van der Waals surface area contributed by atoms with Gasteiger partial charge in [-0.25, -0.2) is 14.6 Å². The number of anilines is 1. The Morgan fingerprint density at radius 2 is 1.76 bits per heavy atom. The van der Waals surface area contributed by atoms with Gasteiger partial charge in [0.1, 0.15) is 5.82 Å². The average molecular weight is 456 g/mol. The summed E-state index contributed by atoms with van der Waals surface area (Å²) in [5.41, 5.74) is 2.66. The second-order valence-electron chi connectivity index (χ2n) is 7.95. The molecule has 0 bridgehead atoms. The fourth-order valence-corrected chi connectivity index (χ4v) is 3.49. The third-order valence-electron chi connectivity index (χ3n) is 5.44. The number of nitrogens with zero attached hydrogens (tertiary/aromatic N) is 2. The summed E-state index contributed by atoms with van der Waals surface area (Å²) in [7, 11) is 3.09. The van der Waals surface area contributed by atoms with Crippen molar-refractivity contribution in [3.05, 3.63) is 48.0 Å². The lowest BCUT2D eigenvalue weighted by molar-refractivity contribution is -0.153. The van der Waals surface area contributed by atoms with Crippen LogP contribution in [0.15, 0.2) is 42.5 Å². The highest BCUT2D eigenvalue weighted by atomic mass is 16.6. The third kappa shape index (κ3) is 8.50. The van der Waals surface area contributed by atoms with E-state index in [0.29, 0.717) is 25.4 Å². The number of ether oxygens (including phenoxy) is 2. The van der Waals surface area contributed by atoms with Gasteiger partial charge in [-0.2, -0.15) is 0 Å². The zero-order chi connectivity index (χ0) is 24.1. The Morgan fingerprint density at radius 1 is 1.03 bits per heavy atom. The Hall–Kier alpha value is -2.93. The number of rotatable bonds is 13. The molecule has 2 amide bonds. The number of esters is 1. The molecular formula is C26H37N3O4. The van der Waals surface area contributed by atoms with Crippen LogP contribution in [0.5, 0.6) is 0 Å². The van der Waals surface area contributed by atoms with Crippen LogP contribution in [-0.2, 0) is 20.7 Å². The van der Waals surface area contributed by atoms with Gasteiger partial charge in [-0.05, 0) is 31.0 Å². The number of aromatic nitrogens is 1. The number of hydrogen-bond donors (Lipinski definition) is 1. The summed E-state index contributed by atoms with van der Waals surface area (Å²) < 4.78 is 10.3. The highest BCUT2D eigenvalue weighted by Gasteiger charge is 2.20. The molecule has 1 heterocycles. The van der Waals surface area contributed by atoms with Crippen LogP contribution in [0.25, 0.3) is 11.3 Å². The monoisotopic (exact) mass is 455 g/mol. The minimum atomic E-state index is -0.619. The smallest absolute Gasteiger partial charge is 0.335 e. The lowest BCUT2D eigenvalue weighted by Crippen LogP contribution is -2.38. The SMILES string of the molecule is CCCCCCCNC(=O)N(C)c1cccc(-c2ccc(CC(OCC)C(=O)OC)cc2)n1. The molecule has 0 spiro atoms. The van der Waals surface area contributed by atoms with Crippen LogP contribution in [-0.4, -0.2) is 50.4 Å². The molecule has 0 saturated heterocycles. The van der Waals surface area contributed by atoms with E-state index in [2.05, 4.69) is 17.2 Å². The van der Waals surface area contributed by atoms with Gasteiger partial charge in [0.2, 0.25) is 0 Å². The number of amides is 2. The number of unbranched alkanes of at least 4 members (excludes halogenated alkanes) is 4. The predicted octanol–water partition coefficient (Wildman–Crippen LogP) is 4.99. The minimum absolute atomic E-state index is 0.157. The maximum Gasteiger partial charge on any atom is 0.335 e. The molecule has 0 fully saturated rings. The number of methoxy groups -OCH3 is 1. The molecule has 2 aromatic rings. The molecule has 0 aliphatic rings. The summed E-state index contributed by atoms with van der Waals surface area (Å²) >= 11 is 0. The quantitative estimate of drug-likeness (QED) is 0.340. The molecular weight excluding hydrogens is 418 g/mol. The van der Waals surface area contributed by atoms with Gasteiger partial charge in [0.05, 0.1) is 12.8 Å². The fraction of sp³-hybridized carbons (Fsp3) is 0.500. The molecule has 2 rings (SSSR count). The Kier molecular flexibility index (Phi) is 11.4. The molecule has 7 nitrogen and oxygen atoms in total. The zero-order valence-corrected chi connectivity index (χ0v) is 20.3. The van der Waals surface area contributed by atoms with Crippen LogP contribution >= 0.6 is 0 Å². The van der Waals surface area contributed by atoms with Crippen LogP contribution in [0.2, 0.25) is 0 Å². The second-order valence-corrected chi connectivity index (χ2v) is 7.95. The molecule has 1 unspecified atom stereocenters. The fourth-order valence-electron chi connectivity index (χ4n) is 3.49. The van der Waals surface area contributed by atoms with Crippen molar-refractivity contribution in [3.8, 4) is 11.3 Å². The van der Waals surface area contributed by atoms with Crippen LogP contribution in [0.4, 0.5) is 10.6 Å². The molecule has 180 valence electrons. The number of carbonyl (C=O) groups is 2. The summed E-state index contributed by atoms with van der Waals surface area (Å²) in [5, 5.41) is 2.96. The lowest BCUT2D eigenvalue weighted by atomic mass is 10.0. The first kappa shape index (κ1) is 26.3. The first-order valence-corrected chi connectivity index (χ1v) is 11.8. The topological polar surface area (TPSA) is 80.8 Å². The van der Waals surface area contributed by atoms with Crippen molar-refractivity contribution < 1.29 is 19.1 Å². The van der Waals surface area contributed by atoms with E-state index in [0.717, 1.165) is 29.7 Å². The third-order valence-corrected chi connectivity index (χ3v) is 5.44. The van der Waals surface area contributed by atoms with Gasteiger partial charge < -0.3 is 14.8 Å². The van der Waals surface area contributed by atoms with Crippen LogP contribution in [0.3, 0.4) is 0 Å². The molecule has 0 aliphatic heterocycles. The molecule has 1 N–H and O–H groups in total. The minimum Gasteiger partial charge on any atom is -0.467 e. The first-order valence-electron chi connectivity index (χ1n) is 11.8. The summed E-state index contributed by atoms with van der Waals surface area (Å²) in [6.45, 7) is 5.15. The highest BCUT2D eigenvalue weighted by Crippen LogP contribution is 2.21. The van der Waals surface area contributed by atoms with Crippen LogP contribution < -0.4 is 10.2 Å². The average Bonchev–Trinajstić information content (AvgIpc) is 2.85. The summed E-state index contributed by atoms with van der Waals surface area (Å²) in [6.07, 6.45) is 5.60. The Labute approximate surface area is 197 Å². The Balaban J connectivity index is 1.99. The normalized spacial score (nSPS) is 11.6. The Bertz CT molecular complexity index is 870. The van der Waals surface area contributed by atoms with Gasteiger partial charge in [0.25, 0.3) is 0 Å². The molecule has 0 aliphatic carbocycles. The standard InChI is InChI=1S/C26H37N3O4/c1-5-7-8-9-10-18-27-26(31)29(3)24-13-11-12-22(28-24)21-16-14-20(15-17-21)19-23(33-6-2)25(30)32-4/h11-17,23H,5-10,18-19H2,1-4H3,(H,27,31). The molecule has 33 heavy (non-hydrogen) atoms. The summed E-state index contributed by atoms with van der Waals surface area (Å²) in [4.78, 5) is 30.6. The van der Waals surface area contributed by atoms with Gasteiger partial charge in [0.15, 0.2) is 6.10 Å². The zero-order valence-electron chi connectivity index (χ0n) is 20.3. The van der Waals surface area contributed by atoms with Gasteiger partial charge in [-0.3, -0.25) is 4.90 Å². The lowest BCUT2D eigenvalue weighted by Gasteiger charge is -2.18. The number of pyridine rings is 1. The van der Waals surface area contributed by atoms with Gasteiger partial charge >= 0.3 is 12.0 Å². The van der Waals surface area contributed by atoms with Crippen molar-refractivity contribution in [3.63, 3.8) is 0 Å². The molecule has 1 atom stereocenters. The largest absolute Gasteiger partial charge is 0.467 e. The second kappa shape index (κ2) is 14.3. The van der Waals surface area contributed by atoms with E-state index in [1.54, 1.807) is 7.05 Å². The van der Waals surface area contributed by atoms with Gasteiger partial charge in [-0.1, -0.05) is 62.9 Å². The van der Waals surface area contributed by atoms with E-state index in [9.17, 15) is 9.59 Å². The van der Waals surface area contributed by atoms with Crippen molar-refractivity contribution >= 4 is 17.8 Å². The number of urea groups is 1. The highest BCUT2D eigenvalue weighted by molar-refractivity contribution is 5.90. The van der Waals surface area contributed by atoms with E-state index < -0.39 is 6.10 Å². The molecule has 0 radical (unpaired) electrons. The molecule has 1 aromatic heterocycles. The van der Waals surface area contributed by atoms with Crippen molar-refractivity contribution in [1.29, 1.82) is 0 Å². The Morgan fingerprint density at radius 3 is 2.42 bits per heavy atom. The first-order chi connectivity index (χ1) is 16.0. The van der Waals surface area contributed by atoms with Crippen molar-refractivity contribution in [2.75, 3.05) is 32.2 Å². The van der Waals surface area contributed by atoms with E-state index in [4.69, 9.17) is 9.47 Å². The van der Waals surface area contributed by atoms with E-state index in [1.807, 2.05) is 49.4 Å². The van der Waals surface area contributed by atoms with Crippen LogP contribution in [0, 0.1) is 0 Å². The predicted molar refractivity (Wildman–Crippen MR) is 131 cm³/mol. The van der Waals surface area contributed by atoms with Crippen molar-refractivity contribution in [2.45, 2.75) is 58.5 Å². The van der Waals surface area contributed by atoms with Gasteiger partial charge in [-0.15, -0.1) is 0 Å². The summed E-state index contributed by atoms with van der Waals surface area (Å²) in [5.74, 6) is 0.208. The van der Waals surface area contributed by atoms with Gasteiger partial charge in [0, 0.05) is 32.2 Å². The number of nitrogens with one attached hydrogen (secondary N) is 1. The van der Waals surface area contributed by atoms with Crippen molar-refractivity contribution in [1.82, 2.24) is 10.3 Å². The molecule has 0 saturated carbocycles. The maximum absolute atomic E-state index is 12.5. The summed E-state index contributed by atoms with van der Waals surface area (Å²) in [6, 6.07) is 13.3. The molecule has 1 aromatic carbocycles. The van der Waals surface area contributed by atoms with Crippen LogP contribution in [0.1, 0.15) is 51.5 Å². The van der Waals surface area contributed by atoms with E-state index in [1.165, 1.54) is 31.3 Å². The number of hydrogen-bond acceptors (Lipinski definition) is 5. The van der Waals surface area contributed by atoms with E-state index in [-0.39, 0.29) is 12.0 Å². The number of benzene rings is 1. The maximum atomic E-state index is 12.5. The molecule has 7 heteroatoms. The number of carbonyl (C=O) groups excluding carboxylic acids is 2. The van der Waals surface area contributed by atoms with E-state index >= 15 is 0 Å². The van der Waals surface area contributed by atoms with Crippen molar-refractivity contribution in [2.24, 2.45) is 0 Å².